The largest absolute Gasteiger partial charge is 0.444 e. The van der Waals surface area contributed by atoms with Crippen molar-refractivity contribution in [1.29, 1.82) is 0 Å². The number of rotatable bonds is 2. The number of halogens is 1. The minimum Gasteiger partial charge on any atom is -0.444 e. The minimum atomic E-state index is -0.605. The van der Waals surface area contributed by atoms with Crippen LogP contribution < -0.4 is 5.32 Å². The van der Waals surface area contributed by atoms with Crippen LogP contribution in [0.5, 0.6) is 0 Å². The van der Waals surface area contributed by atoms with Gasteiger partial charge in [-0.15, -0.1) is 0 Å². The molecule has 0 atom stereocenters. The highest BCUT2D eigenvalue weighted by atomic mass is 35.5. The molecule has 1 fully saturated rings. The number of carbonyl (C=O) groups excluding carboxylic acids is 1. The molecule has 0 radical (unpaired) electrons. The maximum atomic E-state index is 11.6. The lowest BCUT2D eigenvalue weighted by molar-refractivity contribution is 0.0634. The Labute approximate surface area is 110 Å². The summed E-state index contributed by atoms with van der Waals surface area (Å²) < 4.78 is 5.10. The standard InChI is InChI=1S/C11H15ClN4O2/c1-11(2,3)18-10(17)16-9-14-7(6-4-5-6)13-8(12)15-9/h6H,4-5H2,1-3H3,(H,13,14,15,16,17). The van der Waals surface area contributed by atoms with E-state index < -0.39 is 11.7 Å². The first-order chi connectivity index (χ1) is 8.33. The summed E-state index contributed by atoms with van der Waals surface area (Å²) in [5.74, 6) is 1.09. The predicted molar refractivity (Wildman–Crippen MR) is 66.7 cm³/mol. The summed E-state index contributed by atoms with van der Waals surface area (Å²) in [6.07, 6.45) is 1.49. The zero-order valence-electron chi connectivity index (χ0n) is 10.5. The summed E-state index contributed by atoms with van der Waals surface area (Å²) in [6.45, 7) is 5.34. The second-order valence-electron chi connectivity index (χ2n) is 5.19. The van der Waals surface area contributed by atoms with E-state index in [9.17, 15) is 4.79 Å². The van der Waals surface area contributed by atoms with Crippen molar-refractivity contribution in [2.24, 2.45) is 0 Å². The Morgan fingerprint density at radius 2 is 2.00 bits per heavy atom. The van der Waals surface area contributed by atoms with Crippen LogP contribution in [-0.4, -0.2) is 26.6 Å². The molecule has 1 aliphatic carbocycles. The SMILES string of the molecule is CC(C)(C)OC(=O)Nc1nc(Cl)nc(C2CC2)n1. The summed E-state index contributed by atoms with van der Waals surface area (Å²) in [6, 6.07) is 0. The number of anilines is 1. The Bertz CT molecular complexity index is 469. The fourth-order valence-corrected chi connectivity index (χ4v) is 1.51. The van der Waals surface area contributed by atoms with Crippen LogP contribution in [0, 0.1) is 0 Å². The highest BCUT2D eigenvalue weighted by Gasteiger charge is 2.28. The molecule has 0 aliphatic heterocycles. The van der Waals surface area contributed by atoms with Gasteiger partial charge >= 0.3 is 6.09 Å². The van der Waals surface area contributed by atoms with Crippen LogP contribution in [-0.2, 0) is 4.74 Å². The van der Waals surface area contributed by atoms with Crippen molar-refractivity contribution in [3.63, 3.8) is 0 Å². The van der Waals surface area contributed by atoms with Crippen LogP contribution in [0.4, 0.5) is 10.7 Å². The van der Waals surface area contributed by atoms with Crippen LogP contribution in [0.1, 0.15) is 45.4 Å². The van der Waals surface area contributed by atoms with Crippen molar-refractivity contribution >= 4 is 23.6 Å². The van der Waals surface area contributed by atoms with Gasteiger partial charge in [0.2, 0.25) is 11.2 Å². The van der Waals surface area contributed by atoms with Gasteiger partial charge in [0.05, 0.1) is 0 Å². The van der Waals surface area contributed by atoms with Gasteiger partial charge in [-0.2, -0.15) is 9.97 Å². The average Bonchev–Trinajstić information content (AvgIpc) is 2.95. The van der Waals surface area contributed by atoms with Gasteiger partial charge in [-0.05, 0) is 45.2 Å². The first kappa shape index (κ1) is 13.0. The molecular weight excluding hydrogens is 256 g/mol. The molecular formula is C11H15ClN4O2. The minimum absolute atomic E-state index is 0.0814. The third-order valence-corrected chi connectivity index (χ3v) is 2.35. The Kier molecular flexibility index (Phi) is 3.38. The first-order valence-corrected chi connectivity index (χ1v) is 6.13. The van der Waals surface area contributed by atoms with Crippen LogP contribution in [0.3, 0.4) is 0 Å². The van der Waals surface area contributed by atoms with Gasteiger partial charge in [0.15, 0.2) is 0 Å². The lowest BCUT2D eigenvalue weighted by atomic mass is 10.2. The highest BCUT2D eigenvalue weighted by molar-refractivity contribution is 6.28. The molecule has 7 heteroatoms. The highest BCUT2D eigenvalue weighted by Crippen LogP contribution is 2.38. The second-order valence-corrected chi connectivity index (χ2v) is 5.53. The molecule has 0 spiro atoms. The normalized spacial score (nSPS) is 15.3. The van der Waals surface area contributed by atoms with E-state index in [2.05, 4.69) is 20.3 Å². The third kappa shape index (κ3) is 3.80. The van der Waals surface area contributed by atoms with E-state index in [-0.39, 0.29) is 11.2 Å². The van der Waals surface area contributed by atoms with Gasteiger partial charge in [0.1, 0.15) is 11.4 Å². The van der Waals surface area contributed by atoms with Crippen molar-refractivity contribution in [3.8, 4) is 0 Å². The summed E-state index contributed by atoms with van der Waals surface area (Å²) in [4.78, 5) is 23.6. The second kappa shape index (κ2) is 4.68. The van der Waals surface area contributed by atoms with Crippen molar-refractivity contribution in [2.75, 3.05) is 5.32 Å². The first-order valence-electron chi connectivity index (χ1n) is 5.75. The lowest BCUT2D eigenvalue weighted by Crippen LogP contribution is -2.28. The molecule has 0 saturated heterocycles. The number of nitrogens with one attached hydrogen (secondary N) is 1. The number of carbonyl (C=O) groups is 1. The number of aromatic nitrogens is 3. The maximum Gasteiger partial charge on any atom is 0.414 e. The molecule has 1 N–H and O–H groups in total. The van der Waals surface area contributed by atoms with Gasteiger partial charge in [-0.25, -0.2) is 9.78 Å². The quantitative estimate of drug-likeness (QED) is 0.894. The smallest absolute Gasteiger partial charge is 0.414 e. The van der Waals surface area contributed by atoms with Gasteiger partial charge in [-0.3, -0.25) is 5.32 Å². The summed E-state index contributed by atoms with van der Waals surface area (Å²) in [5.41, 5.74) is -0.569. The molecule has 0 aromatic carbocycles. The molecule has 2 rings (SSSR count). The van der Waals surface area contributed by atoms with E-state index in [1.807, 2.05) is 0 Å². The molecule has 1 heterocycles. The van der Waals surface area contributed by atoms with Gasteiger partial charge < -0.3 is 4.74 Å². The molecule has 1 aromatic rings. The van der Waals surface area contributed by atoms with Crippen molar-refractivity contribution in [1.82, 2.24) is 15.0 Å². The molecule has 98 valence electrons. The number of amides is 1. The van der Waals surface area contributed by atoms with Crippen LogP contribution in [0.2, 0.25) is 5.28 Å². The van der Waals surface area contributed by atoms with Crippen molar-refractivity contribution < 1.29 is 9.53 Å². The molecule has 0 bridgehead atoms. The van der Waals surface area contributed by atoms with Crippen molar-refractivity contribution in [3.05, 3.63) is 11.1 Å². The topological polar surface area (TPSA) is 77.0 Å². The average molecular weight is 271 g/mol. The molecule has 1 amide bonds. The monoisotopic (exact) mass is 270 g/mol. The van der Waals surface area contributed by atoms with Crippen LogP contribution >= 0.6 is 11.6 Å². The van der Waals surface area contributed by atoms with E-state index in [0.29, 0.717) is 11.7 Å². The molecule has 0 unspecified atom stereocenters. The fraction of sp³-hybridized carbons (Fsp3) is 0.636. The summed E-state index contributed by atoms with van der Waals surface area (Å²) in [5, 5.41) is 2.54. The molecule has 1 saturated carbocycles. The number of nitrogens with zero attached hydrogens (tertiary/aromatic N) is 3. The Hall–Kier alpha value is -1.43. The van der Waals surface area contributed by atoms with Gasteiger partial charge in [0.25, 0.3) is 0 Å². The zero-order chi connectivity index (χ0) is 13.3. The summed E-state index contributed by atoms with van der Waals surface area (Å²) in [7, 11) is 0. The third-order valence-electron chi connectivity index (χ3n) is 2.18. The number of hydrogen-bond acceptors (Lipinski definition) is 5. The van der Waals surface area contributed by atoms with Gasteiger partial charge in [-0.1, -0.05) is 0 Å². The Balaban J connectivity index is 2.06. The lowest BCUT2D eigenvalue weighted by Gasteiger charge is -2.19. The van der Waals surface area contributed by atoms with Crippen LogP contribution in [0.15, 0.2) is 0 Å². The Morgan fingerprint density at radius 1 is 1.33 bits per heavy atom. The maximum absolute atomic E-state index is 11.6. The molecule has 18 heavy (non-hydrogen) atoms. The van der Waals surface area contributed by atoms with E-state index in [4.69, 9.17) is 16.3 Å². The van der Waals surface area contributed by atoms with Crippen molar-refractivity contribution in [2.45, 2.75) is 45.1 Å². The van der Waals surface area contributed by atoms with E-state index >= 15 is 0 Å². The van der Waals surface area contributed by atoms with E-state index in [0.717, 1.165) is 12.8 Å². The summed E-state index contributed by atoms with van der Waals surface area (Å²) >= 11 is 5.78. The Morgan fingerprint density at radius 3 is 2.56 bits per heavy atom. The molecule has 1 aromatic heterocycles. The van der Waals surface area contributed by atoms with Crippen LogP contribution in [0.25, 0.3) is 0 Å². The zero-order valence-corrected chi connectivity index (χ0v) is 11.3. The van der Waals surface area contributed by atoms with E-state index in [1.54, 1.807) is 20.8 Å². The van der Waals surface area contributed by atoms with E-state index in [1.165, 1.54) is 0 Å². The molecule has 6 nitrogen and oxygen atoms in total. The number of hydrogen-bond donors (Lipinski definition) is 1. The van der Waals surface area contributed by atoms with Gasteiger partial charge in [0, 0.05) is 5.92 Å². The molecule has 1 aliphatic rings. The fourth-order valence-electron chi connectivity index (χ4n) is 1.34. The number of ether oxygens (including phenoxy) is 1. The predicted octanol–water partition coefficient (Wildman–Crippen LogP) is 2.75.